The van der Waals surface area contributed by atoms with Gasteiger partial charge in [-0.15, -0.1) is 11.8 Å². The Balaban J connectivity index is 1.24. The molecule has 4 aromatic rings. The lowest BCUT2D eigenvalue weighted by Gasteiger charge is -2.29. The number of anilines is 1. The van der Waals surface area contributed by atoms with Gasteiger partial charge in [0.05, 0.1) is 18.4 Å². The first-order valence-corrected chi connectivity index (χ1v) is 14.3. The molecule has 1 amide bonds. The van der Waals surface area contributed by atoms with Crippen molar-refractivity contribution in [2.24, 2.45) is 0 Å². The summed E-state index contributed by atoms with van der Waals surface area (Å²) in [6, 6.07) is 18.6. The smallest absolute Gasteiger partial charge is 0.414 e. The zero-order chi connectivity index (χ0) is 28.8. The highest BCUT2D eigenvalue weighted by atomic mass is 35.5. The van der Waals surface area contributed by atoms with E-state index < -0.39 is 18.7 Å². The van der Waals surface area contributed by atoms with Gasteiger partial charge in [-0.05, 0) is 42.8 Å². The fourth-order valence-corrected chi connectivity index (χ4v) is 5.73. The largest absolute Gasteiger partial charge is 0.490 e. The van der Waals surface area contributed by atoms with Crippen LogP contribution in [0.2, 0.25) is 5.02 Å². The van der Waals surface area contributed by atoms with Gasteiger partial charge in [-0.25, -0.2) is 9.59 Å². The molecule has 0 saturated heterocycles. The van der Waals surface area contributed by atoms with Gasteiger partial charge in [-0.1, -0.05) is 41.9 Å². The summed E-state index contributed by atoms with van der Waals surface area (Å²) in [5.74, 6) is 0.858. The molecule has 212 valence electrons. The highest BCUT2D eigenvalue weighted by Crippen LogP contribution is 2.42. The van der Waals surface area contributed by atoms with Gasteiger partial charge < -0.3 is 19.3 Å². The van der Waals surface area contributed by atoms with Crippen molar-refractivity contribution in [1.82, 2.24) is 9.78 Å². The van der Waals surface area contributed by atoms with Gasteiger partial charge in [-0.2, -0.15) is 5.10 Å². The number of carbonyl (C=O) groups is 2. The van der Waals surface area contributed by atoms with E-state index in [1.807, 2.05) is 60.3 Å². The third-order valence-corrected chi connectivity index (χ3v) is 7.91. The number of carboxylic acid groups (broad SMARTS) is 1. The zero-order valence-corrected chi connectivity index (χ0v) is 23.9. The maximum absolute atomic E-state index is 13.0. The fourth-order valence-electron chi connectivity index (χ4n) is 4.42. The van der Waals surface area contributed by atoms with Gasteiger partial charge in [0.2, 0.25) is 0 Å². The molecule has 3 aromatic carbocycles. The molecular weight excluding hydrogens is 566 g/mol. The second-order valence-electron chi connectivity index (χ2n) is 9.24. The number of hydrogen-bond acceptors (Lipinski definition) is 7. The van der Waals surface area contributed by atoms with Gasteiger partial charge in [0.1, 0.15) is 24.7 Å². The number of hydrogen-bond donors (Lipinski definition) is 1. The maximum Gasteiger partial charge on any atom is 0.414 e. The van der Waals surface area contributed by atoms with E-state index in [0.29, 0.717) is 29.6 Å². The molecule has 0 fully saturated rings. The van der Waals surface area contributed by atoms with E-state index in [1.165, 1.54) is 0 Å². The summed E-state index contributed by atoms with van der Waals surface area (Å²) in [5, 5.41) is 14.0. The summed E-state index contributed by atoms with van der Waals surface area (Å²) in [7, 11) is 0. The third kappa shape index (κ3) is 6.96. The molecule has 1 N–H and O–H groups in total. The van der Waals surface area contributed by atoms with Crippen LogP contribution in [-0.4, -0.2) is 59.1 Å². The summed E-state index contributed by atoms with van der Waals surface area (Å²) >= 11 is 7.84. The van der Waals surface area contributed by atoms with E-state index in [4.69, 9.17) is 30.9 Å². The lowest BCUT2D eigenvalue weighted by Crippen LogP contribution is -2.36. The van der Waals surface area contributed by atoms with E-state index in [1.54, 1.807) is 41.1 Å². The first-order valence-electron chi connectivity index (χ1n) is 12.9. The molecule has 9 nitrogen and oxygen atoms in total. The molecule has 0 saturated carbocycles. The molecule has 2 heterocycles. The van der Waals surface area contributed by atoms with Crippen molar-refractivity contribution in [2.45, 2.75) is 18.4 Å². The SMILES string of the molecule is Cc1c(Cl)cccc1OCCOC(=O)N1CCSc2c(-c3cnn(Cc4cccc(OCC(=O)O)c4)c3)cccc21. The van der Waals surface area contributed by atoms with Crippen LogP contribution >= 0.6 is 23.4 Å². The van der Waals surface area contributed by atoms with Crippen LogP contribution in [0.5, 0.6) is 11.5 Å². The molecule has 5 rings (SSSR count). The number of carboxylic acids is 1. The number of nitrogens with zero attached hydrogens (tertiary/aromatic N) is 3. The minimum Gasteiger partial charge on any atom is -0.490 e. The lowest BCUT2D eigenvalue weighted by molar-refractivity contribution is -0.139. The standard InChI is InChI=1S/C30H28ClN3O6S/c1-20-25(31)8-4-10-27(20)38-12-13-39-30(37)34-11-14-41-29-24(7-3-9-26(29)34)22-16-32-33(18-22)17-21-5-2-6-23(15-21)40-19-28(35)36/h2-10,15-16,18H,11-14,17,19H2,1H3,(H,35,36). The Morgan fingerprint density at radius 3 is 2.76 bits per heavy atom. The van der Waals surface area contributed by atoms with Gasteiger partial charge in [-0.3, -0.25) is 9.58 Å². The zero-order valence-electron chi connectivity index (χ0n) is 22.3. The molecule has 41 heavy (non-hydrogen) atoms. The van der Waals surface area contributed by atoms with Crippen molar-refractivity contribution in [3.63, 3.8) is 0 Å². The topological polar surface area (TPSA) is 103 Å². The Labute approximate surface area is 246 Å². The second kappa shape index (κ2) is 13.0. The van der Waals surface area contributed by atoms with Crippen molar-refractivity contribution < 1.29 is 28.9 Å². The molecule has 0 aliphatic carbocycles. The first-order chi connectivity index (χ1) is 19.9. The predicted molar refractivity (Wildman–Crippen MR) is 157 cm³/mol. The van der Waals surface area contributed by atoms with Gasteiger partial charge in [0.25, 0.3) is 0 Å². The average Bonchev–Trinajstić information content (AvgIpc) is 3.44. The van der Waals surface area contributed by atoms with E-state index >= 15 is 0 Å². The van der Waals surface area contributed by atoms with E-state index in [0.717, 1.165) is 38.6 Å². The van der Waals surface area contributed by atoms with Gasteiger partial charge in [0, 0.05) is 45.1 Å². The van der Waals surface area contributed by atoms with Crippen LogP contribution in [0.4, 0.5) is 10.5 Å². The fraction of sp³-hybridized carbons (Fsp3) is 0.233. The molecule has 1 aliphatic rings. The predicted octanol–water partition coefficient (Wildman–Crippen LogP) is 6.15. The number of halogens is 1. The summed E-state index contributed by atoms with van der Waals surface area (Å²) < 4.78 is 18.4. The number of fused-ring (bicyclic) bond motifs is 1. The van der Waals surface area contributed by atoms with Crippen molar-refractivity contribution in [1.29, 1.82) is 0 Å². The summed E-state index contributed by atoms with van der Waals surface area (Å²) in [5.41, 5.74) is 4.47. The van der Waals surface area contributed by atoms with E-state index in [9.17, 15) is 9.59 Å². The number of amides is 1. The maximum atomic E-state index is 13.0. The van der Waals surface area contributed by atoms with Crippen molar-refractivity contribution in [2.75, 3.05) is 37.0 Å². The minimum atomic E-state index is -1.03. The Morgan fingerprint density at radius 2 is 1.90 bits per heavy atom. The molecule has 0 atom stereocenters. The Hall–Kier alpha value is -4.15. The summed E-state index contributed by atoms with van der Waals surface area (Å²) in [4.78, 5) is 26.5. The van der Waals surface area contributed by atoms with Crippen LogP contribution in [0.15, 0.2) is 78.0 Å². The van der Waals surface area contributed by atoms with Crippen LogP contribution in [0.1, 0.15) is 11.1 Å². The monoisotopic (exact) mass is 593 g/mol. The van der Waals surface area contributed by atoms with Crippen LogP contribution in [0, 0.1) is 6.92 Å². The van der Waals surface area contributed by atoms with Crippen molar-refractivity contribution in [3.05, 3.63) is 89.2 Å². The lowest BCUT2D eigenvalue weighted by atomic mass is 10.1. The van der Waals surface area contributed by atoms with Crippen LogP contribution in [-0.2, 0) is 16.1 Å². The molecule has 11 heteroatoms. The Bertz CT molecular complexity index is 1560. The first kappa shape index (κ1) is 28.4. The normalized spacial score (nSPS) is 12.5. The average molecular weight is 594 g/mol. The summed E-state index contributed by atoms with van der Waals surface area (Å²) in [6.45, 7) is 2.84. The van der Waals surface area contributed by atoms with E-state index in [2.05, 4.69) is 5.10 Å². The number of rotatable bonds is 10. The van der Waals surface area contributed by atoms with Crippen LogP contribution in [0.25, 0.3) is 11.1 Å². The van der Waals surface area contributed by atoms with Crippen molar-refractivity contribution in [3.8, 4) is 22.6 Å². The number of benzene rings is 3. The number of aliphatic carboxylic acids is 1. The molecule has 1 aromatic heterocycles. The van der Waals surface area contributed by atoms with Crippen molar-refractivity contribution >= 4 is 41.1 Å². The Morgan fingerprint density at radius 1 is 1.07 bits per heavy atom. The van der Waals surface area contributed by atoms with Gasteiger partial charge >= 0.3 is 12.1 Å². The Kier molecular flexibility index (Phi) is 9.01. The number of carbonyl (C=O) groups excluding carboxylic acids is 1. The molecule has 1 aliphatic heterocycles. The highest BCUT2D eigenvalue weighted by molar-refractivity contribution is 7.99. The van der Waals surface area contributed by atoms with E-state index in [-0.39, 0.29) is 13.2 Å². The molecular formula is C30H28ClN3O6S. The molecule has 0 spiro atoms. The summed E-state index contributed by atoms with van der Waals surface area (Å²) in [6.07, 6.45) is 3.33. The minimum absolute atomic E-state index is 0.110. The second-order valence-corrected chi connectivity index (χ2v) is 10.7. The number of thioether (sulfide) groups is 1. The number of aromatic nitrogens is 2. The molecule has 0 bridgehead atoms. The quantitative estimate of drug-likeness (QED) is 0.218. The van der Waals surface area contributed by atoms with Gasteiger partial charge in [0.15, 0.2) is 6.61 Å². The highest BCUT2D eigenvalue weighted by Gasteiger charge is 2.26. The number of ether oxygens (including phenoxy) is 3. The van der Waals surface area contributed by atoms with Crippen LogP contribution in [0.3, 0.4) is 0 Å². The third-order valence-electron chi connectivity index (χ3n) is 6.40. The van der Waals surface area contributed by atoms with Crippen LogP contribution < -0.4 is 14.4 Å². The molecule has 0 unspecified atom stereocenters. The molecule has 0 radical (unpaired) electrons.